The Hall–Kier alpha value is -3.45. The second-order valence-corrected chi connectivity index (χ2v) is 8.83. The van der Waals surface area contributed by atoms with Gasteiger partial charge in [0, 0.05) is 42.0 Å². The number of nitrogens with one attached hydrogen (secondary N) is 2. The highest BCUT2D eigenvalue weighted by Crippen LogP contribution is 2.30. The number of rotatable bonds is 5. The molecule has 2 heterocycles. The van der Waals surface area contributed by atoms with Gasteiger partial charge in [0.15, 0.2) is 0 Å². The average Bonchev–Trinajstić information content (AvgIpc) is 2.83. The first-order chi connectivity index (χ1) is 16.4. The molecule has 0 spiro atoms. The molecule has 8 heteroatoms. The summed E-state index contributed by atoms with van der Waals surface area (Å²) >= 11 is 6.00. The molecular formula is C26H26ClFN4O2. The topological polar surface area (TPSA) is 74.3 Å². The number of benzene rings is 2. The van der Waals surface area contributed by atoms with Crippen LogP contribution in [0.3, 0.4) is 0 Å². The third-order valence-electron chi connectivity index (χ3n) is 5.92. The van der Waals surface area contributed by atoms with Crippen LogP contribution < -0.4 is 10.6 Å². The molecule has 3 amide bonds. The number of carbonyl (C=O) groups is 2. The third kappa shape index (κ3) is 5.91. The van der Waals surface area contributed by atoms with E-state index in [1.165, 1.54) is 12.1 Å². The zero-order valence-electron chi connectivity index (χ0n) is 18.9. The minimum absolute atomic E-state index is 0.0710. The lowest BCUT2D eigenvalue weighted by Crippen LogP contribution is -2.41. The zero-order valence-corrected chi connectivity index (χ0v) is 19.6. The van der Waals surface area contributed by atoms with Crippen molar-refractivity contribution in [3.05, 3.63) is 94.0 Å². The van der Waals surface area contributed by atoms with Gasteiger partial charge < -0.3 is 15.5 Å². The first kappa shape index (κ1) is 23.7. The highest BCUT2D eigenvalue weighted by molar-refractivity contribution is 6.30. The van der Waals surface area contributed by atoms with Gasteiger partial charge in [-0.3, -0.25) is 9.78 Å². The molecule has 0 bridgehead atoms. The third-order valence-corrected chi connectivity index (χ3v) is 6.15. The molecule has 0 unspecified atom stereocenters. The second kappa shape index (κ2) is 10.7. The van der Waals surface area contributed by atoms with E-state index in [9.17, 15) is 14.0 Å². The van der Waals surface area contributed by atoms with Gasteiger partial charge in [-0.15, -0.1) is 0 Å². The number of likely N-dealkylation sites (tertiary alicyclic amines) is 1. The van der Waals surface area contributed by atoms with Crippen LogP contribution in [0, 0.1) is 12.7 Å². The molecule has 0 aliphatic carbocycles. The summed E-state index contributed by atoms with van der Waals surface area (Å²) in [6.45, 7) is 3.32. The molecule has 2 N–H and O–H groups in total. The molecule has 3 aromatic rings. The lowest BCUT2D eigenvalue weighted by atomic mass is 9.90. The Bertz CT molecular complexity index is 1180. The summed E-state index contributed by atoms with van der Waals surface area (Å²) in [5.41, 5.74) is 3.60. The summed E-state index contributed by atoms with van der Waals surface area (Å²) in [6.07, 6.45) is 1.41. The number of nitrogens with zero attached hydrogens (tertiary/aromatic N) is 2. The van der Waals surface area contributed by atoms with Crippen LogP contribution in [-0.4, -0.2) is 34.9 Å². The van der Waals surface area contributed by atoms with Crippen LogP contribution >= 0.6 is 11.6 Å². The van der Waals surface area contributed by atoms with Crippen molar-refractivity contribution in [3.63, 3.8) is 0 Å². The van der Waals surface area contributed by atoms with Crippen LogP contribution in [0.1, 0.15) is 46.1 Å². The van der Waals surface area contributed by atoms with Crippen molar-refractivity contribution in [3.8, 4) is 0 Å². The van der Waals surface area contributed by atoms with Crippen LogP contribution in [0.15, 0.2) is 60.7 Å². The van der Waals surface area contributed by atoms with Gasteiger partial charge in [-0.05, 0) is 67.8 Å². The molecular weight excluding hydrogens is 455 g/mol. The second-order valence-electron chi connectivity index (χ2n) is 8.40. The number of aromatic nitrogens is 1. The standard InChI is InChI=1S/C26H26ClFN4O2/c1-17-5-10-23(25(33)29-16-18-6-8-21(28)9-7-18)24(30-17)19-11-13-32(14-12-19)26(34)31-22-4-2-3-20(27)15-22/h2-10,15,19H,11-14,16H2,1H3,(H,29,33)(H,31,34). The van der Waals surface area contributed by atoms with Crippen LogP contribution in [0.4, 0.5) is 14.9 Å². The molecule has 0 saturated carbocycles. The van der Waals surface area contributed by atoms with Gasteiger partial charge in [-0.25, -0.2) is 9.18 Å². The number of halogens is 2. The fourth-order valence-corrected chi connectivity index (χ4v) is 4.27. The van der Waals surface area contributed by atoms with Gasteiger partial charge in [0.2, 0.25) is 0 Å². The molecule has 176 valence electrons. The van der Waals surface area contributed by atoms with E-state index >= 15 is 0 Å². The maximum atomic E-state index is 13.1. The van der Waals surface area contributed by atoms with E-state index in [-0.39, 0.29) is 23.7 Å². The van der Waals surface area contributed by atoms with Crippen molar-refractivity contribution in [1.29, 1.82) is 0 Å². The maximum Gasteiger partial charge on any atom is 0.321 e. The first-order valence-corrected chi connectivity index (χ1v) is 11.6. The molecule has 6 nitrogen and oxygen atoms in total. The smallest absolute Gasteiger partial charge is 0.321 e. The minimum atomic E-state index is -0.312. The normalized spacial score (nSPS) is 14.0. The Morgan fingerprint density at radius 3 is 2.53 bits per heavy atom. The molecule has 1 aliphatic rings. The number of urea groups is 1. The highest BCUT2D eigenvalue weighted by atomic mass is 35.5. The van der Waals surface area contributed by atoms with Gasteiger partial charge in [0.25, 0.3) is 5.91 Å². The Balaban J connectivity index is 1.39. The van der Waals surface area contributed by atoms with Crippen molar-refractivity contribution in [2.75, 3.05) is 18.4 Å². The van der Waals surface area contributed by atoms with Gasteiger partial charge in [-0.1, -0.05) is 29.8 Å². The van der Waals surface area contributed by atoms with E-state index in [1.54, 1.807) is 47.4 Å². The maximum absolute atomic E-state index is 13.1. The number of piperidine rings is 1. The van der Waals surface area contributed by atoms with Crippen molar-refractivity contribution in [1.82, 2.24) is 15.2 Å². The quantitative estimate of drug-likeness (QED) is 0.504. The number of hydrogen-bond donors (Lipinski definition) is 2. The summed E-state index contributed by atoms with van der Waals surface area (Å²) < 4.78 is 13.1. The molecule has 4 rings (SSSR count). The summed E-state index contributed by atoms with van der Waals surface area (Å²) in [5.74, 6) is -0.456. The molecule has 2 aromatic carbocycles. The van der Waals surface area contributed by atoms with Crippen molar-refractivity contribution in [2.24, 2.45) is 0 Å². The molecule has 0 atom stereocenters. The van der Waals surface area contributed by atoms with E-state index in [1.807, 2.05) is 13.0 Å². The molecule has 0 radical (unpaired) electrons. The Kier molecular flexibility index (Phi) is 7.43. The van der Waals surface area contributed by atoms with Crippen molar-refractivity contribution in [2.45, 2.75) is 32.2 Å². The number of carbonyl (C=O) groups excluding carboxylic acids is 2. The molecule has 1 aromatic heterocycles. The number of hydrogen-bond acceptors (Lipinski definition) is 3. The molecule has 1 aliphatic heterocycles. The number of anilines is 1. The van der Waals surface area contributed by atoms with E-state index in [0.29, 0.717) is 48.7 Å². The minimum Gasteiger partial charge on any atom is -0.348 e. The summed E-state index contributed by atoms with van der Waals surface area (Å²) in [7, 11) is 0. The number of amides is 3. The predicted molar refractivity (Wildman–Crippen MR) is 131 cm³/mol. The van der Waals surface area contributed by atoms with Gasteiger partial charge in [0.1, 0.15) is 5.82 Å². The van der Waals surface area contributed by atoms with Crippen LogP contribution in [0.25, 0.3) is 0 Å². The first-order valence-electron chi connectivity index (χ1n) is 11.2. The Labute approximate surface area is 203 Å². The Morgan fingerprint density at radius 2 is 1.82 bits per heavy atom. The lowest BCUT2D eigenvalue weighted by molar-refractivity contribution is 0.0948. The molecule has 1 saturated heterocycles. The van der Waals surface area contributed by atoms with Crippen LogP contribution in [0.5, 0.6) is 0 Å². The fourth-order valence-electron chi connectivity index (χ4n) is 4.08. The highest BCUT2D eigenvalue weighted by Gasteiger charge is 2.28. The summed E-state index contributed by atoms with van der Waals surface area (Å²) in [4.78, 5) is 32.1. The lowest BCUT2D eigenvalue weighted by Gasteiger charge is -2.32. The number of pyridine rings is 1. The Morgan fingerprint density at radius 1 is 1.09 bits per heavy atom. The fraction of sp³-hybridized carbons (Fsp3) is 0.269. The van der Waals surface area contributed by atoms with E-state index in [2.05, 4.69) is 15.6 Å². The predicted octanol–water partition coefficient (Wildman–Crippen LogP) is 5.52. The van der Waals surface area contributed by atoms with E-state index in [0.717, 1.165) is 17.0 Å². The van der Waals surface area contributed by atoms with Gasteiger partial charge >= 0.3 is 6.03 Å². The van der Waals surface area contributed by atoms with Gasteiger partial charge in [-0.2, -0.15) is 0 Å². The van der Waals surface area contributed by atoms with E-state index in [4.69, 9.17) is 11.6 Å². The zero-order chi connectivity index (χ0) is 24.1. The summed E-state index contributed by atoms with van der Waals surface area (Å²) in [6, 6.07) is 16.5. The molecule has 1 fully saturated rings. The van der Waals surface area contributed by atoms with Crippen LogP contribution in [0.2, 0.25) is 5.02 Å². The van der Waals surface area contributed by atoms with Crippen molar-refractivity contribution >= 4 is 29.2 Å². The monoisotopic (exact) mass is 480 g/mol. The SMILES string of the molecule is Cc1ccc(C(=O)NCc2ccc(F)cc2)c(C2CCN(C(=O)Nc3cccc(Cl)c3)CC2)n1. The van der Waals surface area contributed by atoms with Gasteiger partial charge in [0.05, 0.1) is 11.3 Å². The average molecular weight is 481 g/mol. The molecule has 34 heavy (non-hydrogen) atoms. The largest absolute Gasteiger partial charge is 0.348 e. The number of aryl methyl sites for hydroxylation is 1. The van der Waals surface area contributed by atoms with Crippen LogP contribution in [-0.2, 0) is 6.54 Å². The summed E-state index contributed by atoms with van der Waals surface area (Å²) in [5, 5.41) is 6.35. The van der Waals surface area contributed by atoms with Crippen molar-refractivity contribution < 1.29 is 14.0 Å². The van der Waals surface area contributed by atoms with E-state index < -0.39 is 0 Å².